The fraction of sp³-hybridized carbons (Fsp3) is 0.158. The van der Waals surface area contributed by atoms with Gasteiger partial charge in [-0.2, -0.15) is 4.99 Å². The van der Waals surface area contributed by atoms with Gasteiger partial charge in [0.15, 0.2) is 4.80 Å². The smallest absolute Gasteiger partial charge is 0.279 e. The molecule has 0 spiro atoms. The van der Waals surface area contributed by atoms with Gasteiger partial charge >= 0.3 is 0 Å². The van der Waals surface area contributed by atoms with Crippen LogP contribution in [0, 0.1) is 26.2 Å². The molecule has 3 nitrogen and oxygen atoms in total. The summed E-state index contributed by atoms with van der Waals surface area (Å²) in [6.07, 6.45) is 5.50. The van der Waals surface area contributed by atoms with E-state index in [2.05, 4.69) is 36.9 Å². The van der Waals surface area contributed by atoms with Crippen LogP contribution in [0.5, 0.6) is 0 Å². The maximum absolute atomic E-state index is 12.4. The van der Waals surface area contributed by atoms with Gasteiger partial charge in [-0.3, -0.25) is 4.79 Å². The number of hydrogen-bond donors (Lipinski definition) is 0. The molecule has 0 fully saturated rings. The van der Waals surface area contributed by atoms with E-state index in [1.807, 2.05) is 22.8 Å². The minimum absolute atomic E-state index is 0.253. The van der Waals surface area contributed by atoms with Gasteiger partial charge in [0.25, 0.3) is 5.91 Å². The first-order valence-corrected chi connectivity index (χ1v) is 8.10. The Morgan fingerprint density at radius 3 is 2.61 bits per heavy atom. The molecule has 0 radical (unpaired) electrons. The van der Waals surface area contributed by atoms with Crippen molar-refractivity contribution in [2.75, 3.05) is 0 Å². The normalized spacial score (nSPS) is 11.6. The van der Waals surface area contributed by atoms with Gasteiger partial charge in [-0.25, -0.2) is 0 Å². The van der Waals surface area contributed by atoms with Crippen LogP contribution in [0.2, 0.25) is 0 Å². The molecule has 3 aromatic rings. The molecule has 0 aliphatic carbocycles. The first-order valence-electron chi connectivity index (χ1n) is 7.28. The zero-order chi connectivity index (χ0) is 16.4. The van der Waals surface area contributed by atoms with Crippen LogP contribution in [0.4, 0.5) is 0 Å². The number of thiazole rings is 1. The average Bonchev–Trinajstić information content (AvgIpc) is 2.86. The number of nitrogens with zero attached hydrogens (tertiary/aromatic N) is 2. The molecule has 114 valence electrons. The summed E-state index contributed by atoms with van der Waals surface area (Å²) in [5.74, 6) is 2.39. The van der Waals surface area contributed by atoms with E-state index in [0.717, 1.165) is 10.2 Å². The van der Waals surface area contributed by atoms with Crippen LogP contribution in [0.25, 0.3) is 10.2 Å². The van der Waals surface area contributed by atoms with Crippen LogP contribution >= 0.6 is 11.3 Å². The highest BCUT2D eigenvalue weighted by molar-refractivity contribution is 7.16. The minimum Gasteiger partial charge on any atom is -0.305 e. The Labute approximate surface area is 138 Å². The number of aryl methyl sites for hydroxylation is 2. The van der Waals surface area contributed by atoms with Crippen molar-refractivity contribution in [1.29, 1.82) is 0 Å². The second-order valence-electron chi connectivity index (χ2n) is 5.36. The van der Waals surface area contributed by atoms with E-state index in [1.165, 1.54) is 22.5 Å². The van der Waals surface area contributed by atoms with Gasteiger partial charge in [0, 0.05) is 5.56 Å². The van der Waals surface area contributed by atoms with Crippen LogP contribution in [0.1, 0.15) is 21.5 Å². The van der Waals surface area contributed by atoms with Crippen molar-refractivity contribution in [3.8, 4) is 12.3 Å². The summed E-state index contributed by atoms with van der Waals surface area (Å²) in [7, 11) is 0. The Hall–Kier alpha value is -2.64. The number of aromatic nitrogens is 1. The molecule has 0 N–H and O–H groups in total. The van der Waals surface area contributed by atoms with Crippen molar-refractivity contribution < 1.29 is 4.79 Å². The summed E-state index contributed by atoms with van der Waals surface area (Å²) < 4.78 is 3.01. The SMILES string of the molecule is C#CCn1c(=NC(=O)c2ccccc2)sc2cc(C)c(C)cc21. The van der Waals surface area contributed by atoms with E-state index in [-0.39, 0.29) is 5.91 Å². The van der Waals surface area contributed by atoms with Crippen molar-refractivity contribution in [2.45, 2.75) is 20.4 Å². The summed E-state index contributed by atoms with van der Waals surface area (Å²) in [5.41, 5.74) is 4.01. The van der Waals surface area contributed by atoms with E-state index < -0.39 is 0 Å². The van der Waals surface area contributed by atoms with Crippen LogP contribution in [0.15, 0.2) is 47.5 Å². The molecule has 3 rings (SSSR count). The molecular formula is C19H16N2OS. The predicted molar refractivity (Wildman–Crippen MR) is 94.5 cm³/mol. The molecular weight excluding hydrogens is 304 g/mol. The van der Waals surface area contributed by atoms with E-state index in [0.29, 0.717) is 16.9 Å². The molecule has 1 amide bonds. The Kier molecular flexibility index (Phi) is 4.14. The van der Waals surface area contributed by atoms with E-state index in [1.54, 1.807) is 12.1 Å². The largest absolute Gasteiger partial charge is 0.305 e. The lowest BCUT2D eigenvalue weighted by atomic mass is 10.1. The first-order chi connectivity index (χ1) is 11.1. The van der Waals surface area contributed by atoms with Gasteiger partial charge in [-0.05, 0) is 49.2 Å². The lowest BCUT2D eigenvalue weighted by Gasteiger charge is -2.03. The molecule has 1 heterocycles. The zero-order valence-electron chi connectivity index (χ0n) is 13.0. The standard InChI is InChI=1S/C19H16N2OS/c1-4-10-21-16-11-13(2)14(3)12-17(16)23-19(21)20-18(22)15-8-6-5-7-9-15/h1,5-9,11-12H,10H2,2-3H3. The Bertz CT molecular complexity index is 988. The number of benzene rings is 2. The zero-order valence-corrected chi connectivity index (χ0v) is 13.9. The maximum Gasteiger partial charge on any atom is 0.279 e. The highest BCUT2D eigenvalue weighted by Crippen LogP contribution is 2.22. The van der Waals surface area contributed by atoms with Crippen molar-refractivity contribution in [1.82, 2.24) is 4.57 Å². The van der Waals surface area contributed by atoms with Crippen molar-refractivity contribution in [3.05, 3.63) is 64.0 Å². The van der Waals surface area contributed by atoms with Gasteiger partial charge in [0.05, 0.1) is 16.8 Å². The van der Waals surface area contributed by atoms with E-state index in [4.69, 9.17) is 6.42 Å². The Morgan fingerprint density at radius 1 is 1.22 bits per heavy atom. The van der Waals surface area contributed by atoms with Gasteiger partial charge < -0.3 is 4.57 Å². The molecule has 0 aliphatic heterocycles. The van der Waals surface area contributed by atoms with Crippen LogP contribution in [-0.4, -0.2) is 10.5 Å². The topological polar surface area (TPSA) is 34.4 Å². The average molecular weight is 320 g/mol. The third-order valence-corrected chi connectivity index (χ3v) is 4.81. The number of rotatable bonds is 2. The van der Waals surface area contributed by atoms with Crippen molar-refractivity contribution in [2.24, 2.45) is 4.99 Å². The molecule has 0 saturated heterocycles. The van der Waals surface area contributed by atoms with Gasteiger partial charge in [0.2, 0.25) is 0 Å². The monoisotopic (exact) mass is 320 g/mol. The third kappa shape index (κ3) is 2.96. The van der Waals surface area contributed by atoms with Crippen LogP contribution < -0.4 is 4.80 Å². The highest BCUT2D eigenvalue weighted by atomic mass is 32.1. The second kappa shape index (κ2) is 6.23. The Morgan fingerprint density at radius 2 is 1.91 bits per heavy atom. The summed E-state index contributed by atoms with van der Waals surface area (Å²) in [6.45, 7) is 4.54. The fourth-order valence-electron chi connectivity index (χ4n) is 2.38. The summed E-state index contributed by atoms with van der Waals surface area (Å²) in [4.78, 5) is 17.3. The van der Waals surface area contributed by atoms with Crippen molar-refractivity contribution >= 4 is 27.5 Å². The lowest BCUT2D eigenvalue weighted by molar-refractivity contribution is 0.0998. The first kappa shape index (κ1) is 15.3. The summed E-state index contributed by atoms with van der Waals surface area (Å²) in [5, 5.41) is 0. The summed E-state index contributed by atoms with van der Waals surface area (Å²) >= 11 is 1.49. The third-order valence-electron chi connectivity index (χ3n) is 3.77. The van der Waals surface area contributed by atoms with E-state index in [9.17, 15) is 4.79 Å². The van der Waals surface area contributed by atoms with E-state index >= 15 is 0 Å². The Balaban J connectivity index is 2.20. The number of carbonyl (C=O) groups excluding carboxylic acids is 1. The molecule has 0 aliphatic rings. The molecule has 0 atom stereocenters. The van der Waals surface area contributed by atoms with Crippen LogP contribution in [-0.2, 0) is 6.54 Å². The molecule has 0 bridgehead atoms. The number of carbonyl (C=O) groups is 1. The lowest BCUT2D eigenvalue weighted by Crippen LogP contribution is -2.16. The van der Waals surface area contributed by atoms with Crippen LogP contribution in [0.3, 0.4) is 0 Å². The maximum atomic E-state index is 12.4. The highest BCUT2D eigenvalue weighted by Gasteiger charge is 2.09. The number of fused-ring (bicyclic) bond motifs is 1. The molecule has 23 heavy (non-hydrogen) atoms. The predicted octanol–water partition coefficient (Wildman–Crippen LogP) is 3.69. The quantitative estimate of drug-likeness (QED) is 0.663. The second-order valence-corrected chi connectivity index (χ2v) is 6.37. The molecule has 2 aromatic carbocycles. The summed E-state index contributed by atoms with van der Waals surface area (Å²) in [6, 6.07) is 13.3. The van der Waals surface area contributed by atoms with Gasteiger partial charge in [-0.15, -0.1) is 6.42 Å². The number of terminal acetylenes is 1. The molecule has 4 heteroatoms. The van der Waals surface area contributed by atoms with Gasteiger partial charge in [-0.1, -0.05) is 35.5 Å². The molecule has 0 saturated carbocycles. The minimum atomic E-state index is -0.253. The number of amides is 1. The van der Waals surface area contributed by atoms with Crippen molar-refractivity contribution in [3.63, 3.8) is 0 Å². The molecule has 1 aromatic heterocycles. The molecule has 0 unspecified atom stereocenters. The fourth-order valence-corrected chi connectivity index (χ4v) is 3.49. The number of hydrogen-bond acceptors (Lipinski definition) is 2. The van der Waals surface area contributed by atoms with Gasteiger partial charge in [0.1, 0.15) is 0 Å².